The molecule has 11 heteroatoms. The van der Waals surface area contributed by atoms with Gasteiger partial charge in [-0.1, -0.05) is 68.4 Å². The highest BCUT2D eigenvalue weighted by molar-refractivity contribution is 7.89. The molecule has 0 bridgehead atoms. The van der Waals surface area contributed by atoms with E-state index >= 15 is 0 Å². The zero-order valence-electron chi connectivity index (χ0n) is 27.6. The first-order valence-corrected chi connectivity index (χ1v) is 18.5. The first kappa shape index (κ1) is 35.9. The Bertz CT molecular complexity index is 1770. The van der Waals surface area contributed by atoms with E-state index in [2.05, 4.69) is 29.5 Å². The van der Waals surface area contributed by atoms with Gasteiger partial charge >= 0.3 is 0 Å². The van der Waals surface area contributed by atoms with E-state index < -0.39 is 27.9 Å². The molecular weight excluding hydrogens is 633 g/mol. The molecule has 0 fully saturated rings. The van der Waals surface area contributed by atoms with Crippen LogP contribution in [0.5, 0.6) is 0 Å². The van der Waals surface area contributed by atoms with Crippen molar-refractivity contribution in [3.05, 3.63) is 122 Å². The molecule has 4 rings (SSSR count). The molecule has 1 aromatic heterocycles. The average Bonchev–Trinajstić information content (AvgIpc) is 3.43. The standard InChI is InChI=1S/C36H44N4O5S2/c1-24(2)31-15-27(14-28(16-31)23-47(5,44)45)19-37-20-33(41)32(17-26-10-7-6-8-11-26)39-35(42)29-12-9-13-30(18-29)36(43)40(4)21-34-38-25(3)22-46-34/h6-16,18,22,24,32-33,37,41H,17,19-21,23H2,1-5H3,(H,39,42)/t32-,33+/m0/s1. The molecule has 0 radical (unpaired) electrons. The van der Waals surface area contributed by atoms with Crippen molar-refractivity contribution in [3.63, 3.8) is 0 Å². The van der Waals surface area contributed by atoms with Crippen LogP contribution in [0.3, 0.4) is 0 Å². The van der Waals surface area contributed by atoms with E-state index in [0.29, 0.717) is 30.6 Å². The Morgan fingerprint density at radius 3 is 2.32 bits per heavy atom. The third-order valence-corrected chi connectivity index (χ3v) is 9.50. The third-order valence-electron chi connectivity index (χ3n) is 7.69. The summed E-state index contributed by atoms with van der Waals surface area (Å²) in [6.45, 7) is 7.00. The molecule has 2 amide bonds. The van der Waals surface area contributed by atoms with E-state index in [4.69, 9.17) is 0 Å². The van der Waals surface area contributed by atoms with Gasteiger partial charge in [-0.15, -0.1) is 11.3 Å². The number of rotatable bonds is 15. The van der Waals surface area contributed by atoms with Crippen molar-refractivity contribution >= 4 is 33.0 Å². The molecule has 1 heterocycles. The summed E-state index contributed by atoms with van der Waals surface area (Å²) in [6.07, 6.45) is 0.674. The van der Waals surface area contributed by atoms with Crippen LogP contribution in [0.25, 0.3) is 0 Å². The maximum atomic E-state index is 13.5. The van der Waals surface area contributed by atoms with Gasteiger partial charge in [0.25, 0.3) is 11.8 Å². The van der Waals surface area contributed by atoms with Crippen molar-refractivity contribution in [1.29, 1.82) is 0 Å². The fourth-order valence-corrected chi connectivity index (χ4v) is 6.88. The largest absolute Gasteiger partial charge is 0.390 e. The van der Waals surface area contributed by atoms with Crippen LogP contribution in [0.4, 0.5) is 0 Å². The summed E-state index contributed by atoms with van der Waals surface area (Å²) in [5.41, 5.74) is 5.26. The number of aliphatic hydroxyl groups excluding tert-OH is 1. The molecule has 0 spiro atoms. The molecule has 0 saturated carbocycles. The monoisotopic (exact) mass is 676 g/mol. The molecule has 9 nitrogen and oxygen atoms in total. The number of carbonyl (C=O) groups excluding carboxylic acids is 2. The van der Waals surface area contributed by atoms with Crippen molar-refractivity contribution in [1.82, 2.24) is 20.5 Å². The van der Waals surface area contributed by atoms with Crippen molar-refractivity contribution in [2.24, 2.45) is 0 Å². The lowest BCUT2D eigenvalue weighted by Crippen LogP contribution is -2.48. The number of sulfone groups is 1. The summed E-state index contributed by atoms with van der Waals surface area (Å²) in [6, 6.07) is 21.4. The minimum atomic E-state index is -3.19. The van der Waals surface area contributed by atoms with Gasteiger partial charge in [-0.05, 0) is 59.7 Å². The van der Waals surface area contributed by atoms with Gasteiger partial charge in [0.05, 0.1) is 24.4 Å². The van der Waals surface area contributed by atoms with Crippen molar-refractivity contribution < 1.29 is 23.1 Å². The molecule has 3 N–H and O–H groups in total. The molecule has 3 aromatic carbocycles. The number of aliphatic hydroxyl groups is 1. The molecule has 0 aliphatic rings. The Morgan fingerprint density at radius 1 is 0.957 bits per heavy atom. The lowest BCUT2D eigenvalue weighted by atomic mass is 9.98. The minimum absolute atomic E-state index is 0.0387. The molecule has 4 aromatic rings. The van der Waals surface area contributed by atoms with Crippen LogP contribution in [-0.2, 0) is 35.1 Å². The molecule has 0 aliphatic heterocycles. The highest BCUT2D eigenvalue weighted by atomic mass is 32.2. The molecular formula is C36H44N4O5S2. The number of carbonyl (C=O) groups is 2. The fourth-order valence-electron chi connectivity index (χ4n) is 5.29. The lowest BCUT2D eigenvalue weighted by molar-refractivity contribution is 0.0784. The normalized spacial score (nSPS) is 12.9. The van der Waals surface area contributed by atoms with E-state index in [9.17, 15) is 23.1 Å². The second kappa shape index (κ2) is 16.3. The molecule has 47 heavy (non-hydrogen) atoms. The quantitative estimate of drug-likeness (QED) is 0.164. The number of amides is 2. The summed E-state index contributed by atoms with van der Waals surface area (Å²) in [7, 11) is -1.49. The minimum Gasteiger partial charge on any atom is -0.390 e. The van der Waals surface area contributed by atoms with Gasteiger partial charge in [0, 0.05) is 48.6 Å². The van der Waals surface area contributed by atoms with Gasteiger partial charge in [-0.25, -0.2) is 13.4 Å². The van der Waals surface area contributed by atoms with Gasteiger partial charge in [0.1, 0.15) is 5.01 Å². The van der Waals surface area contributed by atoms with Crippen LogP contribution in [0, 0.1) is 6.92 Å². The lowest BCUT2D eigenvalue weighted by Gasteiger charge is -2.25. The van der Waals surface area contributed by atoms with Gasteiger partial charge in [0.15, 0.2) is 9.84 Å². The SMILES string of the molecule is Cc1csc(CN(C)C(=O)c2cccc(C(=O)N[C@@H](Cc3ccccc3)[C@H](O)CNCc3cc(CS(C)(=O)=O)cc(C(C)C)c3)c2)n1. The van der Waals surface area contributed by atoms with Gasteiger partial charge < -0.3 is 20.6 Å². The molecule has 2 atom stereocenters. The summed E-state index contributed by atoms with van der Waals surface area (Å²) in [5, 5.41) is 20.4. The highest BCUT2D eigenvalue weighted by Gasteiger charge is 2.23. The molecule has 0 unspecified atom stereocenters. The average molecular weight is 677 g/mol. The van der Waals surface area contributed by atoms with E-state index in [1.54, 1.807) is 36.2 Å². The summed E-state index contributed by atoms with van der Waals surface area (Å²) >= 11 is 1.50. The van der Waals surface area contributed by atoms with Crippen LogP contribution in [-0.4, -0.2) is 67.2 Å². The van der Waals surface area contributed by atoms with Crippen LogP contribution < -0.4 is 10.6 Å². The number of nitrogens with one attached hydrogen (secondary N) is 2. The van der Waals surface area contributed by atoms with E-state index in [1.165, 1.54) is 17.6 Å². The smallest absolute Gasteiger partial charge is 0.253 e. The Morgan fingerprint density at radius 2 is 1.66 bits per heavy atom. The number of aryl methyl sites for hydroxylation is 1. The van der Waals surface area contributed by atoms with Crippen molar-refractivity contribution in [3.8, 4) is 0 Å². The zero-order chi connectivity index (χ0) is 34.1. The number of nitrogens with zero attached hydrogens (tertiary/aromatic N) is 2. The van der Waals surface area contributed by atoms with Gasteiger partial charge in [-0.3, -0.25) is 9.59 Å². The van der Waals surface area contributed by atoms with Crippen LogP contribution in [0.15, 0.2) is 78.2 Å². The Hall–Kier alpha value is -3.90. The van der Waals surface area contributed by atoms with E-state index in [-0.39, 0.29) is 24.1 Å². The number of benzene rings is 3. The first-order valence-electron chi connectivity index (χ1n) is 15.6. The number of aromatic nitrogens is 1. The first-order chi connectivity index (χ1) is 22.3. The molecule has 0 saturated heterocycles. The van der Waals surface area contributed by atoms with Crippen molar-refractivity contribution in [2.75, 3.05) is 19.8 Å². The fraction of sp³-hybridized carbons (Fsp3) is 0.361. The zero-order valence-corrected chi connectivity index (χ0v) is 29.2. The number of hydrogen-bond acceptors (Lipinski definition) is 8. The summed E-state index contributed by atoms with van der Waals surface area (Å²) in [5.74, 6) is -0.435. The Balaban J connectivity index is 1.45. The van der Waals surface area contributed by atoms with Crippen LogP contribution in [0.2, 0.25) is 0 Å². The summed E-state index contributed by atoms with van der Waals surface area (Å²) in [4.78, 5) is 32.7. The van der Waals surface area contributed by atoms with Gasteiger partial charge in [0.2, 0.25) is 0 Å². The Kier molecular flexibility index (Phi) is 12.4. The maximum Gasteiger partial charge on any atom is 0.253 e. The topological polar surface area (TPSA) is 129 Å². The molecule has 0 aliphatic carbocycles. The van der Waals surface area contributed by atoms with E-state index in [1.807, 2.05) is 60.8 Å². The molecule has 250 valence electrons. The number of hydrogen-bond donors (Lipinski definition) is 3. The Labute approximate surface area is 282 Å². The highest BCUT2D eigenvalue weighted by Crippen LogP contribution is 2.20. The van der Waals surface area contributed by atoms with Gasteiger partial charge in [-0.2, -0.15) is 0 Å². The second-order valence-electron chi connectivity index (χ2n) is 12.4. The summed E-state index contributed by atoms with van der Waals surface area (Å²) < 4.78 is 23.9. The van der Waals surface area contributed by atoms with Crippen LogP contribution in [0.1, 0.15) is 73.4 Å². The predicted molar refractivity (Wildman–Crippen MR) is 187 cm³/mol. The van der Waals surface area contributed by atoms with Crippen molar-refractivity contribution in [2.45, 2.75) is 64.1 Å². The van der Waals surface area contributed by atoms with Crippen LogP contribution >= 0.6 is 11.3 Å². The third kappa shape index (κ3) is 11.1. The second-order valence-corrected chi connectivity index (χ2v) is 15.5. The maximum absolute atomic E-state index is 13.5. The van der Waals surface area contributed by atoms with E-state index in [0.717, 1.165) is 33.0 Å². The predicted octanol–water partition coefficient (Wildman–Crippen LogP) is 4.88. The number of thiazole rings is 1.